The molecule has 0 N–H and O–H groups in total. The summed E-state index contributed by atoms with van der Waals surface area (Å²) < 4.78 is 20.9. The van der Waals surface area contributed by atoms with E-state index >= 15 is 0 Å². The Bertz CT molecular complexity index is 478. The monoisotopic (exact) mass is 297 g/mol. The van der Waals surface area contributed by atoms with E-state index in [1.165, 1.54) is 6.40 Å². The third-order valence-corrected chi connectivity index (χ3v) is 4.56. The van der Waals surface area contributed by atoms with E-state index in [2.05, 4.69) is 4.99 Å². The zero-order valence-corrected chi connectivity index (χ0v) is 12.1. The maximum atomic E-state index is 12.5. The summed E-state index contributed by atoms with van der Waals surface area (Å²) in [6.45, 7) is 3.92. The van der Waals surface area contributed by atoms with Crippen LogP contribution in [-0.4, -0.2) is 49.5 Å². The predicted molar refractivity (Wildman–Crippen MR) is 70.8 cm³/mol. The maximum absolute atomic E-state index is 12.5. The van der Waals surface area contributed by atoms with Crippen molar-refractivity contribution in [2.75, 3.05) is 13.2 Å². The second-order valence-electron chi connectivity index (χ2n) is 5.51. The van der Waals surface area contributed by atoms with Crippen LogP contribution in [0.1, 0.15) is 26.7 Å². The van der Waals surface area contributed by atoms with Crippen LogP contribution >= 0.6 is 0 Å². The van der Waals surface area contributed by atoms with E-state index in [0.717, 1.165) is 12.8 Å². The van der Waals surface area contributed by atoms with Crippen molar-refractivity contribution in [1.82, 2.24) is 0 Å². The molecule has 0 saturated heterocycles. The molecule has 1 aliphatic heterocycles. The van der Waals surface area contributed by atoms with Crippen LogP contribution in [0.15, 0.2) is 4.99 Å². The molecule has 7 nitrogen and oxygen atoms in total. The summed E-state index contributed by atoms with van der Waals surface area (Å²) in [5.74, 6) is -0.506. The predicted octanol–water partition coefficient (Wildman–Crippen LogP) is 1.30. The van der Waals surface area contributed by atoms with E-state index in [-0.39, 0.29) is 31.2 Å². The van der Waals surface area contributed by atoms with Crippen molar-refractivity contribution in [3.05, 3.63) is 0 Å². The minimum atomic E-state index is -1.17. The number of carbonyl (C=O) groups excluding carboxylic acids is 2. The number of hydrogen-bond donors (Lipinski definition) is 0. The first-order chi connectivity index (χ1) is 10.1. The van der Waals surface area contributed by atoms with Crippen molar-refractivity contribution in [2.45, 2.75) is 44.4 Å². The summed E-state index contributed by atoms with van der Waals surface area (Å²) >= 11 is 0. The van der Waals surface area contributed by atoms with Crippen LogP contribution in [0.3, 0.4) is 0 Å². The van der Waals surface area contributed by atoms with Gasteiger partial charge in [0.2, 0.25) is 5.54 Å². The molecule has 1 heterocycles. The Morgan fingerprint density at radius 3 is 2.76 bits per heavy atom. The molecule has 1 unspecified atom stereocenters. The lowest BCUT2D eigenvalue weighted by Gasteiger charge is -2.42. The fraction of sp³-hybridized carbons (Fsp3) is 0.786. The van der Waals surface area contributed by atoms with E-state index < -0.39 is 23.8 Å². The van der Waals surface area contributed by atoms with Crippen molar-refractivity contribution in [3.8, 4) is 0 Å². The quantitative estimate of drug-likeness (QED) is 0.727. The molecular weight excluding hydrogens is 278 g/mol. The van der Waals surface area contributed by atoms with Crippen LogP contribution in [0.4, 0.5) is 4.79 Å². The average Bonchev–Trinajstić information content (AvgIpc) is 3.00. The van der Waals surface area contributed by atoms with Crippen molar-refractivity contribution >= 4 is 18.5 Å². The first-order valence-electron chi connectivity index (χ1n) is 7.33. The average molecular weight is 297 g/mol. The lowest BCUT2D eigenvalue weighted by atomic mass is 9.76. The Morgan fingerprint density at radius 1 is 1.29 bits per heavy atom. The lowest BCUT2D eigenvalue weighted by Crippen LogP contribution is -2.60. The van der Waals surface area contributed by atoms with E-state index in [1.807, 2.05) is 0 Å². The van der Waals surface area contributed by atoms with Crippen LogP contribution in [0.25, 0.3) is 0 Å². The first-order valence-corrected chi connectivity index (χ1v) is 7.33. The third-order valence-electron chi connectivity index (χ3n) is 4.56. The molecule has 2 aliphatic carbocycles. The fourth-order valence-electron chi connectivity index (χ4n) is 3.84. The van der Waals surface area contributed by atoms with Crippen molar-refractivity contribution in [2.24, 2.45) is 16.8 Å². The Kier molecular flexibility index (Phi) is 3.51. The Balaban J connectivity index is 1.90. The molecule has 3 aliphatic rings. The number of carbonyl (C=O) groups is 2. The molecule has 0 radical (unpaired) electrons. The first kappa shape index (κ1) is 14.2. The molecule has 0 aromatic carbocycles. The highest BCUT2D eigenvalue weighted by atomic mass is 16.7. The van der Waals surface area contributed by atoms with Crippen LogP contribution in [0.5, 0.6) is 0 Å². The molecule has 0 amide bonds. The van der Waals surface area contributed by atoms with Crippen molar-refractivity contribution in [1.29, 1.82) is 0 Å². The summed E-state index contributed by atoms with van der Waals surface area (Å²) in [6.07, 6.45) is 1.32. The molecule has 116 valence electrons. The molecular formula is C14H19NO6. The van der Waals surface area contributed by atoms with E-state index in [9.17, 15) is 9.59 Å². The number of rotatable bonds is 4. The van der Waals surface area contributed by atoms with E-state index in [4.69, 9.17) is 18.9 Å². The van der Waals surface area contributed by atoms with Gasteiger partial charge in [-0.2, -0.15) is 0 Å². The zero-order chi connectivity index (χ0) is 15.0. The summed E-state index contributed by atoms with van der Waals surface area (Å²) in [6, 6.07) is 0. The number of fused-ring (bicyclic) bond motifs is 1. The van der Waals surface area contributed by atoms with Gasteiger partial charge in [0.1, 0.15) is 12.2 Å². The van der Waals surface area contributed by atoms with Gasteiger partial charge in [-0.25, -0.2) is 14.6 Å². The van der Waals surface area contributed by atoms with Crippen LogP contribution in [0.2, 0.25) is 0 Å². The number of nitrogens with zero attached hydrogens (tertiary/aromatic N) is 1. The summed E-state index contributed by atoms with van der Waals surface area (Å²) in [4.78, 5) is 28.4. The van der Waals surface area contributed by atoms with Crippen molar-refractivity contribution < 1.29 is 28.5 Å². The van der Waals surface area contributed by atoms with Gasteiger partial charge in [0, 0.05) is 11.8 Å². The van der Waals surface area contributed by atoms with Gasteiger partial charge < -0.3 is 18.9 Å². The normalized spacial score (nSPS) is 38.8. The number of esters is 1. The smallest absolute Gasteiger partial charge is 0.480 e. The van der Waals surface area contributed by atoms with Gasteiger partial charge in [0.15, 0.2) is 6.40 Å². The zero-order valence-electron chi connectivity index (χ0n) is 12.1. The molecule has 0 aromatic rings. The van der Waals surface area contributed by atoms with Gasteiger partial charge in [-0.05, 0) is 26.7 Å². The number of ether oxygens (including phenoxy) is 4. The van der Waals surface area contributed by atoms with Crippen molar-refractivity contribution in [3.63, 3.8) is 0 Å². The van der Waals surface area contributed by atoms with E-state index in [0.29, 0.717) is 0 Å². The molecule has 21 heavy (non-hydrogen) atoms. The molecule has 2 fully saturated rings. The molecule has 0 spiro atoms. The molecule has 2 bridgehead atoms. The second-order valence-corrected chi connectivity index (χ2v) is 5.51. The highest BCUT2D eigenvalue weighted by Gasteiger charge is 2.71. The highest BCUT2D eigenvalue weighted by molar-refractivity contribution is 5.86. The Labute approximate surface area is 122 Å². The standard InChI is InChI=1S/C14H19NO6/c1-3-18-12(16)14-9-5-8(6-10(9)20-7-15-14)11(14)21-13(17)19-4-2/h7-11H,3-6H2,1-2H3/t8-,9?,10-,11+,14-/m0/s1. The van der Waals surface area contributed by atoms with Crippen LogP contribution in [-0.2, 0) is 23.7 Å². The number of hydrogen-bond acceptors (Lipinski definition) is 7. The summed E-state index contributed by atoms with van der Waals surface area (Å²) in [5.41, 5.74) is -1.17. The van der Waals surface area contributed by atoms with Gasteiger partial charge >= 0.3 is 12.1 Å². The third kappa shape index (κ3) is 1.98. The van der Waals surface area contributed by atoms with Gasteiger partial charge in [0.25, 0.3) is 0 Å². The Morgan fingerprint density at radius 2 is 2.05 bits per heavy atom. The van der Waals surface area contributed by atoms with Gasteiger partial charge in [0.05, 0.1) is 13.2 Å². The minimum Gasteiger partial charge on any atom is -0.480 e. The molecule has 3 rings (SSSR count). The number of aliphatic imine (C=N–C) groups is 1. The van der Waals surface area contributed by atoms with Gasteiger partial charge in [-0.15, -0.1) is 0 Å². The van der Waals surface area contributed by atoms with Gasteiger partial charge in [-0.1, -0.05) is 0 Å². The SMILES string of the molecule is CCOC(=O)O[C@@H]1[C@H]2CC3[C@H](C2)OC=N[C@@]31C(=O)OCC. The summed E-state index contributed by atoms with van der Waals surface area (Å²) in [7, 11) is 0. The van der Waals surface area contributed by atoms with Gasteiger partial charge in [-0.3, -0.25) is 0 Å². The topological polar surface area (TPSA) is 83.4 Å². The Hall–Kier alpha value is -1.79. The molecule has 2 saturated carbocycles. The maximum Gasteiger partial charge on any atom is 0.508 e. The largest absolute Gasteiger partial charge is 0.508 e. The molecule has 5 atom stereocenters. The highest BCUT2D eigenvalue weighted by Crippen LogP contribution is 2.57. The minimum absolute atomic E-state index is 0.0475. The summed E-state index contributed by atoms with van der Waals surface area (Å²) in [5, 5.41) is 0. The van der Waals surface area contributed by atoms with Crippen LogP contribution < -0.4 is 0 Å². The van der Waals surface area contributed by atoms with E-state index in [1.54, 1.807) is 13.8 Å². The molecule has 0 aromatic heterocycles. The van der Waals surface area contributed by atoms with Crippen LogP contribution in [0, 0.1) is 11.8 Å². The molecule has 7 heteroatoms. The second kappa shape index (κ2) is 5.20. The lowest BCUT2D eigenvalue weighted by molar-refractivity contribution is -0.162. The fourth-order valence-corrected chi connectivity index (χ4v) is 3.84.